The van der Waals surface area contributed by atoms with Crippen LogP contribution >= 0.6 is 0 Å². The van der Waals surface area contributed by atoms with Crippen molar-refractivity contribution in [1.29, 1.82) is 0 Å². The summed E-state index contributed by atoms with van der Waals surface area (Å²) in [6, 6.07) is 15.0. The number of amides is 1. The van der Waals surface area contributed by atoms with E-state index in [1.807, 2.05) is 46.2 Å². The number of nitrogens with one attached hydrogen (secondary N) is 1. The molecule has 1 saturated heterocycles. The first-order valence-corrected chi connectivity index (χ1v) is 9.86. The van der Waals surface area contributed by atoms with Gasteiger partial charge in [0.25, 0.3) is 5.91 Å². The zero-order chi connectivity index (χ0) is 21.1. The quantitative estimate of drug-likeness (QED) is 0.829. The molecule has 1 atom stereocenters. The largest absolute Gasteiger partial charge is 0.416 e. The van der Waals surface area contributed by atoms with Crippen LogP contribution in [0.5, 0.6) is 0 Å². The molecule has 4 rings (SSSR count). The minimum Gasteiger partial charge on any atom is -0.369 e. The standard InChI is InChI=1S/C22H23F3N4O/c23-22(24,25)18-7-4-8-19(15-18)28-13-11-27(12-14-28)16-21(30)29-20(9-10-26-29)17-5-2-1-3-6-17/h1-10,15,20,26H,11-14,16H2/t20-/m0/s1. The van der Waals surface area contributed by atoms with E-state index in [0.717, 1.165) is 11.6 Å². The van der Waals surface area contributed by atoms with Gasteiger partial charge in [0, 0.05) is 38.1 Å². The number of carbonyl (C=O) groups excluding carboxylic acids is 1. The molecule has 0 radical (unpaired) electrons. The Morgan fingerprint density at radius 2 is 1.73 bits per heavy atom. The molecule has 8 heteroatoms. The Bertz CT molecular complexity index is 908. The van der Waals surface area contributed by atoms with Crippen molar-refractivity contribution in [2.45, 2.75) is 12.2 Å². The molecule has 2 aromatic carbocycles. The third-order valence-electron chi connectivity index (χ3n) is 5.45. The fourth-order valence-corrected chi connectivity index (χ4v) is 3.83. The van der Waals surface area contributed by atoms with E-state index in [1.54, 1.807) is 17.3 Å². The molecule has 1 fully saturated rings. The van der Waals surface area contributed by atoms with E-state index < -0.39 is 11.7 Å². The number of carbonyl (C=O) groups is 1. The Kier molecular flexibility index (Phi) is 5.67. The van der Waals surface area contributed by atoms with Crippen molar-refractivity contribution in [1.82, 2.24) is 15.3 Å². The van der Waals surface area contributed by atoms with Crippen LogP contribution in [0.2, 0.25) is 0 Å². The summed E-state index contributed by atoms with van der Waals surface area (Å²) in [4.78, 5) is 16.8. The Balaban J connectivity index is 1.33. The molecule has 2 aromatic rings. The normalized spacial score (nSPS) is 19.8. The topological polar surface area (TPSA) is 38.8 Å². The first-order valence-electron chi connectivity index (χ1n) is 9.86. The third kappa shape index (κ3) is 4.43. The molecule has 2 aliphatic heterocycles. The molecule has 0 bridgehead atoms. The number of benzene rings is 2. The SMILES string of the molecule is O=C(CN1CCN(c2cccc(C(F)(F)F)c2)CC1)N1NC=C[C@H]1c1ccccc1. The van der Waals surface area contributed by atoms with Crippen molar-refractivity contribution in [2.75, 3.05) is 37.6 Å². The highest BCUT2D eigenvalue weighted by Gasteiger charge is 2.32. The van der Waals surface area contributed by atoms with Gasteiger partial charge in [0.1, 0.15) is 0 Å². The molecule has 2 heterocycles. The van der Waals surface area contributed by atoms with Gasteiger partial charge in [0.05, 0.1) is 18.2 Å². The van der Waals surface area contributed by atoms with Crippen molar-refractivity contribution in [3.8, 4) is 0 Å². The summed E-state index contributed by atoms with van der Waals surface area (Å²) in [5, 5.41) is 1.62. The van der Waals surface area contributed by atoms with Crippen LogP contribution in [0.4, 0.5) is 18.9 Å². The lowest BCUT2D eigenvalue weighted by atomic mass is 10.1. The van der Waals surface area contributed by atoms with E-state index in [4.69, 9.17) is 0 Å². The number of hydrogen-bond acceptors (Lipinski definition) is 4. The van der Waals surface area contributed by atoms with Gasteiger partial charge in [0.15, 0.2) is 0 Å². The summed E-state index contributed by atoms with van der Waals surface area (Å²) in [6.45, 7) is 2.62. The third-order valence-corrected chi connectivity index (χ3v) is 5.45. The fraction of sp³-hybridized carbons (Fsp3) is 0.318. The molecule has 0 spiro atoms. The maximum Gasteiger partial charge on any atom is 0.416 e. The molecule has 5 nitrogen and oxygen atoms in total. The van der Waals surface area contributed by atoms with Gasteiger partial charge in [0.2, 0.25) is 0 Å². The number of hydrazine groups is 1. The van der Waals surface area contributed by atoms with Gasteiger partial charge in [-0.15, -0.1) is 0 Å². The lowest BCUT2D eigenvalue weighted by molar-refractivity contribution is -0.138. The number of nitrogens with zero attached hydrogens (tertiary/aromatic N) is 3. The van der Waals surface area contributed by atoms with Gasteiger partial charge < -0.3 is 10.3 Å². The number of rotatable bonds is 4. The van der Waals surface area contributed by atoms with Crippen molar-refractivity contribution in [3.63, 3.8) is 0 Å². The van der Waals surface area contributed by atoms with Crippen LogP contribution in [0, 0.1) is 0 Å². The molecule has 30 heavy (non-hydrogen) atoms. The maximum atomic E-state index is 13.0. The summed E-state index contributed by atoms with van der Waals surface area (Å²) in [5.41, 5.74) is 3.96. The molecule has 0 saturated carbocycles. The van der Waals surface area contributed by atoms with E-state index in [-0.39, 0.29) is 18.5 Å². The van der Waals surface area contributed by atoms with Crippen LogP contribution in [0.15, 0.2) is 66.9 Å². The second-order valence-corrected chi connectivity index (χ2v) is 7.42. The van der Waals surface area contributed by atoms with Crippen LogP contribution in [0.1, 0.15) is 17.2 Å². The fourth-order valence-electron chi connectivity index (χ4n) is 3.83. The highest BCUT2D eigenvalue weighted by Crippen LogP contribution is 2.32. The smallest absolute Gasteiger partial charge is 0.369 e. The average Bonchev–Trinajstić information content (AvgIpc) is 3.25. The first-order chi connectivity index (χ1) is 14.4. The molecule has 0 aliphatic carbocycles. The van der Waals surface area contributed by atoms with Crippen LogP contribution < -0.4 is 10.3 Å². The van der Waals surface area contributed by atoms with E-state index in [2.05, 4.69) is 5.43 Å². The maximum absolute atomic E-state index is 13.0. The van der Waals surface area contributed by atoms with Crippen molar-refractivity contribution in [3.05, 3.63) is 78.0 Å². The van der Waals surface area contributed by atoms with Gasteiger partial charge in [-0.05, 0) is 29.8 Å². The minimum atomic E-state index is -4.35. The Labute approximate surface area is 173 Å². The van der Waals surface area contributed by atoms with Gasteiger partial charge in [-0.2, -0.15) is 13.2 Å². The first kappa shape index (κ1) is 20.3. The van der Waals surface area contributed by atoms with Gasteiger partial charge >= 0.3 is 6.18 Å². The molecule has 0 aromatic heterocycles. The van der Waals surface area contributed by atoms with Crippen molar-refractivity contribution in [2.24, 2.45) is 0 Å². The van der Waals surface area contributed by atoms with Crippen molar-refractivity contribution < 1.29 is 18.0 Å². The average molecular weight is 416 g/mol. The summed E-state index contributed by atoms with van der Waals surface area (Å²) in [5.74, 6) is -0.0404. The number of alkyl halides is 3. The van der Waals surface area contributed by atoms with E-state index in [9.17, 15) is 18.0 Å². The van der Waals surface area contributed by atoms with Gasteiger partial charge in [-0.25, -0.2) is 5.01 Å². The molecule has 1 amide bonds. The molecule has 158 valence electrons. The molecular weight excluding hydrogens is 393 g/mol. The van der Waals surface area contributed by atoms with E-state index >= 15 is 0 Å². The number of hydrogen-bond donors (Lipinski definition) is 1. The van der Waals surface area contributed by atoms with Gasteiger partial charge in [-0.1, -0.05) is 36.4 Å². The van der Waals surface area contributed by atoms with Crippen LogP contribution in [-0.4, -0.2) is 48.5 Å². The Morgan fingerprint density at radius 3 is 2.43 bits per heavy atom. The molecular formula is C22H23F3N4O. The summed E-state index contributed by atoms with van der Waals surface area (Å²) in [7, 11) is 0. The van der Waals surface area contributed by atoms with Crippen LogP contribution in [0.3, 0.4) is 0 Å². The predicted octanol–water partition coefficient (Wildman–Crippen LogP) is 3.43. The number of anilines is 1. The van der Waals surface area contributed by atoms with E-state index in [0.29, 0.717) is 31.9 Å². The minimum absolute atomic E-state index is 0.0404. The Hall–Kier alpha value is -3.00. The van der Waals surface area contributed by atoms with Crippen LogP contribution in [-0.2, 0) is 11.0 Å². The predicted molar refractivity (Wildman–Crippen MR) is 108 cm³/mol. The Morgan fingerprint density at radius 1 is 1.00 bits per heavy atom. The number of halogens is 3. The summed E-state index contributed by atoms with van der Waals surface area (Å²) in [6.07, 6.45) is -0.643. The molecule has 0 unspecified atom stereocenters. The highest BCUT2D eigenvalue weighted by atomic mass is 19.4. The monoisotopic (exact) mass is 416 g/mol. The number of piperazine rings is 1. The second-order valence-electron chi connectivity index (χ2n) is 7.42. The summed E-state index contributed by atoms with van der Waals surface area (Å²) < 4.78 is 38.9. The zero-order valence-electron chi connectivity index (χ0n) is 16.3. The van der Waals surface area contributed by atoms with Crippen molar-refractivity contribution >= 4 is 11.6 Å². The lowest BCUT2D eigenvalue weighted by Gasteiger charge is -2.37. The van der Waals surface area contributed by atoms with E-state index in [1.165, 1.54) is 12.1 Å². The molecule has 2 aliphatic rings. The summed E-state index contributed by atoms with van der Waals surface area (Å²) >= 11 is 0. The lowest BCUT2D eigenvalue weighted by Crippen LogP contribution is -2.51. The second kappa shape index (κ2) is 8.39. The zero-order valence-corrected chi connectivity index (χ0v) is 16.3. The van der Waals surface area contributed by atoms with Gasteiger partial charge in [-0.3, -0.25) is 9.69 Å². The van der Waals surface area contributed by atoms with Crippen LogP contribution in [0.25, 0.3) is 0 Å². The molecule has 1 N–H and O–H groups in total. The highest BCUT2D eigenvalue weighted by molar-refractivity contribution is 5.79.